The third-order valence-electron chi connectivity index (χ3n) is 4.10. The van der Waals surface area contributed by atoms with Gasteiger partial charge >= 0.3 is 0 Å². The number of nitrogens with zero attached hydrogens (tertiary/aromatic N) is 4. The summed E-state index contributed by atoms with van der Waals surface area (Å²) in [6.07, 6.45) is 2.82. The molecule has 1 unspecified atom stereocenters. The summed E-state index contributed by atoms with van der Waals surface area (Å²) < 4.78 is 0. The lowest BCUT2D eigenvalue weighted by Crippen LogP contribution is -2.33. The van der Waals surface area contributed by atoms with Crippen LogP contribution in [0.5, 0.6) is 0 Å². The van der Waals surface area contributed by atoms with E-state index >= 15 is 0 Å². The second-order valence-corrected chi connectivity index (χ2v) is 6.61. The van der Waals surface area contributed by atoms with Crippen LogP contribution < -0.4 is 4.90 Å². The predicted molar refractivity (Wildman–Crippen MR) is 90.5 cm³/mol. The second kappa shape index (κ2) is 6.52. The lowest BCUT2D eigenvalue weighted by Gasteiger charge is -2.35. The molecule has 8 nitrogen and oxygen atoms in total. The van der Waals surface area contributed by atoms with Crippen LogP contribution in [0.25, 0.3) is 0 Å². The van der Waals surface area contributed by atoms with E-state index in [0.717, 1.165) is 36.0 Å². The molecule has 1 aliphatic heterocycles. The molecule has 0 N–H and O–H groups in total. The first-order chi connectivity index (χ1) is 11.5. The Bertz CT molecular complexity index is 792. The highest BCUT2D eigenvalue weighted by molar-refractivity contribution is 7.09. The summed E-state index contributed by atoms with van der Waals surface area (Å²) >= 11 is 1.55. The molecule has 0 radical (unpaired) electrons. The first-order valence-corrected chi connectivity index (χ1v) is 8.47. The minimum Gasteiger partial charge on any atom is -0.357 e. The van der Waals surface area contributed by atoms with E-state index in [0.29, 0.717) is 12.2 Å². The van der Waals surface area contributed by atoms with Crippen molar-refractivity contribution in [2.75, 3.05) is 11.4 Å². The number of benzene rings is 1. The molecule has 1 aliphatic rings. The number of nitro groups is 2. The van der Waals surface area contributed by atoms with Crippen LogP contribution in [0.1, 0.15) is 36.0 Å². The van der Waals surface area contributed by atoms with Gasteiger partial charge in [0, 0.05) is 23.7 Å². The molecule has 3 rings (SSSR count). The summed E-state index contributed by atoms with van der Waals surface area (Å²) in [5.41, 5.74) is 0.843. The Kier molecular flexibility index (Phi) is 4.43. The third kappa shape index (κ3) is 3.07. The normalized spacial score (nSPS) is 17.7. The summed E-state index contributed by atoms with van der Waals surface area (Å²) in [5.74, 6) is 0. The van der Waals surface area contributed by atoms with E-state index in [1.165, 1.54) is 12.1 Å². The van der Waals surface area contributed by atoms with Crippen molar-refractivity contribution in [3.8, 4) is 0 Å². The first kappa shape index (κ1) is 16.3. The average molecular weight is 348 g/mol. The Morgan fingerprint density at radius 2 is 2.04 bits per heavy atom. The number of non-ortho nitro benzene ring substituents is 1. The molecule has 1 aromatic heterocycles. The molecule has 0 aliphatic carbocycles. The number of hydrogen-bond acceptors (Lipinski definition) is 7. The largest absolute Gasteiger partial charge is 0.357 e. The van der Waals surface area contributed by atoms with Crippen molar-refractivity contribution in [3.63, 3.8) is 0 Å². The number of piperidine rings is 1. The van der Waals surface area contributed by atoms with E-state index < -0.39 is 9.85 Å². The fraction of sp³-hybridized carbons (Fsp3) is 0.400. The van der Waals surface area contributed by atoms with Gasteiger partial charge < -0.3 is 4.90 Å². The number of aromatic nitrogens is 1. The lowest BCUT2D eigenvalue weighted by molar-refractivity contribution is -0.393. The summed E-state index contributed by atoms with van der Waals surface area (Å²) in [4.78, 5) is 27.7. The maximum Gasteiger partial charge on any atom is 0.299 e. The van der Waals surface area contributed by atoms with E-state index in [4.69, 9.17) is 0 Å². The maximum absolute atomic E-state index is 11.4. The van der Waals surface area contributed by atoms with Crippen LogP contribution in [0.15, 0.2) is 23.6 Å². The van der Waals surface area contributed by atoms with Crippen molar-refractivity contribution in [2.45, 2.75) is 32.2 Å². The fourth-order valence-electron chi connectivity index (χ4n) is 3.02. The lowest BCUT2D eigenvalue weighted by atomic mass is 10.0. The van der Waals surface area contributed by atoms with Crippen molar-refractivity contribution in [2.24, 2.45) is 0 Å². The number of aryl methyl sites for hydroxylation is 1. The maximum atomic E-state index is 11.4. The standard InChI is InChI=1S/C15H16N4O4S/c1-10-9-24-15(16-10)13-4-2-3-7-17(13)12-6-5-11(18(20)21)8-14(12)19(22)23/h5-6,8-9,13H,2-4,7H2,1H3. The zero-order valence-electron chi connectivity index (χ0n) is 13.0. The molecule has 1 saturated heterocycles. The molecule has 0 bridgehead atoms. The van der Waals surface area contributed by atoms with Gasteiger partial charge in [0.15, 0.2) is 0 Å². The molecular formula is C15H16N4O4S. The van der Waals surface area contributed by atoms with Gasteiger partial charge in [0.05, 0.1) is 22.0 Å². The zero-order valence-corrected chi connectivity index (χ0v) is 13.9. The average Bonchev–Trinajstić information content (AvgIpc) is 3.00. The van der Waals surface area contributed by atoms with Gasteiger partial charge in [-0.05, 0) is 32.3 Å². The van der Waals surface area contributed by atoms with Gasteiger partial charge in [0.2, 0.25) is 0 Å². The smallest absolute Gasteiger partial charge is 0.299 e. The second-order valence-electron chi connectivity index (χ2n) is 5.72. The highest BCUT2D eigenvalue weighted by Gasteiger charge is 2.32. The molecule has 0 spiro atoms. The van der Waals surface area contributed by atoms with Crippen LogP contribution in [0.2, 0.25) is 0 Å². The number of nitro benzene ring substituents is 2. The van der Waals surface area contributed by atoms with E-state index in [1.54, 1.807) is 11.3 Å². The number of thiazole rings is 1. The highest BCUT2D eigenvalue weighted by Crippen LogP contribution is 2.41. The van der Waals surface area contributed by atoms with Gasteiger partial charge in [-0.15, -0.1) is 11.3 Å². The van der Waals surface area contributed by atoms with Crippen LogP contribution in [0.4, 0.5) is 17.1 Å². The van der Waals surface area contributed by atoms with Crippen molar-refractivity contribution < 1.29 is 9.85 Å². The summed E-state index contributed by atoms with van der Waals surface area (Å²) in [7, 11) is 0. The molecular weight excluding hydrogens is 332 g/mol. The predicted octanol–water partition coefficient (Wildman–Crippen LogP) is 4.00. The van der Waals surface area contributed by atoms with Crippen molar-refractivity contribution >= 4 is 28.4 Å². The molecule has 2 aromatic rings. The molecule has 1 atom stereocenters. The Morgan fingerprint density at radius 3 is 2.67 bits per heavy atom. The van der Waals surface area contributed by atoms with Crippen molar-refractivity contribution in [3.05, 3.63) is 54.5 Å². The van der Waals surface area contributed by atoms with Gasteiger partial charge in [-0.3, -0.25) is 20.2 Å². The van der Waals surface area contributed by atoms with Gasteiger partial charge in [0.25, 0.3) is 11.4 Å². The quantitative estimate of drug-likeness (QED) is 0.611. The Hall–Kier alpha value is -2.55. The minimum atomic E-state index is -0.616. The topological polar surface area (TPSA) is 102 Å². The van der Waals surface area contributed by atoms with Crippen LogP contribution in [-0.4, -0.2) is 21.4 Å². The van der Waals surface area contributed by atoms with Crippen LogP contribution in [0, 0.1) is 27.2 Å². The summed E-state index contributed by atoms with van der Waals surface area (Å²) in [6.45, 7) is 2.59. The zero-order chi connectivity index (χ0) is 17.3. The highest BCUT2D eigenvalue weighted by atomic mass is 32.1. The van der Waals surface area contributed by atoms with Crippen molar-refractivity contribution in [1.82, 2.24) is 4.98 Å². The van der Waals surface area contributed by atoms with Crippen LogP contribution in [0.3, 0.4) is 0 Å². The number of rotatable bonds is 4. The number of anilines is 1. The van der Waals surface area contributed by atoms with Crippen LogP contribution in [-0.2, 0) is 0 Å². The monoisotopic (exact) mass is 348 g/mol. The molecule has 1 aromatic carbocycles. The van der Waals surface area contributed by atoms with E-state index in [-0.39, 0.29) is 17.4 Å². The molecule has 24 heavy (non-hydrogen) atoms. The molecule has 0 amide bonds. The molecule has 0 saturated carbocycles. The third-order valence-corrected chi connectivity index (χ3v) is 5.16. The molecule has 9 heteroatoms. The summed E-state index contributed by atoms with van der Waals surface area (Å²) in [6, 6.07) is 3.81. The molecule has 1 fully saturated rings. The van der Waals surface area contributed by atoms with E-state index in [9.17, 15) is 20.2 Å². The SMILES string of the molecule is Cc1csc(C2CCCCN2c2ccc([N+](=O)[O-])cc2[N+](=O)[O-])n1. The van der Waals surface area contributed by atoms with Crippen molar-refractivity contribution in [1.29, 1.82) is 0 Å². The van der Waals surface area contributed by atoms with Crippen LogP contribution >= 0.6 is 11.3 Å². The fourth-order valence-corrected chi connectivity index (χ4v) is 3.96. The van der Waals surface area contributed by atoms with Gasteiger partial charge in [-0.1, -0.05) is 0 Å². The Morgan fingerprint density at radius 1 is 1.25 bits per heavy atom. The van der Waals surface area contributed by atoms with E-state index in [1.807, 2.05) is 17.2 Å². The first-order valence-electron chi connectivity index (χ1n) is 7.59. The van der Waals surface area contributed by atoms with Gasteiger partial charge in [0.1, 0.15) is 10.7 Å². The van der Waals surface area contributed by atoms with Gasteiger partial charge in [-0.25, -0.2) is 4.98 Å². The number of hydrogen-bond donors (Lipinski definition) is 0. The Labute approximate surface area is 142 Å². The van der Waals surface area contributed by atoms with E-state index in [2.05, 4.69) is 4.98 Å². The molecule has 126 valence electrons. The molecule has 2 heterocycles. The minimum absolute atomic E-state index is 0.0300. The summed E-state index contributed by atoms with van der Waals surface area (Å²) in [5, 5.41) is 25.2. The van der Waals surface area contributed by atoms with Gasteiger partial charge in [-0.2, -0.15) is 0 Å². The Balaban J connectivity index is 2.04.